The lowest BCUT2D eigenvalue weighted by Crippen LogP contribution is -2.22. The van der Waals surface area contributed by atoms with Gasteiger partial charge < -0.3 is 0 Å². The van der Waals surface area contributed by atoms with Crippen LogP contribution >= 0.6 is 0 Å². The molecule has 0 spiro atoms. The molecule has 0 amide bonds. The highest BCUT2D eigenvalue weighted by atomic mass is 19.1. The Morgan fingerprint density at radius 1 is 1.12 bits per heavy atom. The van der Waals surface area contributed by atoms with E-state index in [9.17, 15) is 9.18 Å². The van der Waals surface area contributed by atoms with E-state index in [1.807, 2.05) is 18.2 Å². The molecule has 2 aromatic carbocycles. The molecule has 1 N–H and O–H groups in total. The molecule has 0 aliphatic heterocycles. The quantitative estimate of drug-likeness (QED) is 0.617. The summed E-state index contributed by atoms with van der Waals surface area (Å²) in [6.07, 6.45) is 1.71. The molecule has 2 aromatic heterocycles. The van der Waals surface area contributed by atoms with Gasteiger partial charge in [-0.3, -0.25) is 9.67 Å². The zero-order valence-electron chi connectivity index (χ0n) is 12.8. The molecule has 2 heterocycles. The highest BCUT2D eigenvalue weighted by molar-refractivity contribution is 5.83. The maximum absolute atomic E-state index is 14.1. The van der Waals surface area contributed by atoms with Gasteiger partial charge >= 0.3 is 5.69 Å². The Balaban J connectivity index is 1.94. The van der Waals surface area contributed by atoms with Gasteiger partial charge in [0.15, 0.2) is 0 Å². The fourth-order valence-electron chi connectivity index (χ4n) is 2.72. The first-order valence-corrected chi connectivity index (χ1v) is 7.40. The fourth-order valence-corrected chi connectivity index (χ4v) is 2.72. The summed E-state index contributed by atoms with van der Waals surface area (Å²) in [5, 5.41) is 7.78. The van der Waals surface area contributed by atoms with Gasteiger partial charge in [-0.2, -0.15) is 10.1 Å². The second-order valence-corrected chi connectivity index (χ2v) is 5.52. The standard InChI is InChI=1S/C18H13FN4O/c1-23-17(13-4-2-3-5-14(13)19)9-16(21-18(23)24)11-6-7-15-12(8-11)10-20-22-15/h2-10H,1H3,(H,20,22). The number of nitrogens with zero attached hydrogens (tertiary/aromatic N) is 3. The molecule has 5 nitrogen and oxygen atoms in total. The predicted molar refractivity (Wildman–Crippen MR) is 90.0 cm³/mol. The highest BCUT2D eigenvalue weighted by Gasteiger charge is 2.12. The maximum atomic E-state index is 14.1. The second kappa shape index (κ2) is 5.42. The number of fused-ring (bicyclic) bond motifs is 1. The van der Waals surface area contributed by atoms with Crippen molar-refractivity contribution in [1.82, 2.24) is 19.7 Å². The summed E-state index contributed by atoms with van der Waals surface area (Å²) >= 11 is 0. The Labute approximate surface area is 136 Å². The first-order chi connectivity index (χ1) is 11.6. The van der Waals surface area contributed by atoms with Crippen LogP contribution < -0.4 is 5.69 Å². The minimum atomic E-state index is -0.432. The van der Waals surface area contributed by atoms with Crippen LogP contribution in [0.25, 0.3) is 33.4 Å². The summed E-state index contributed by atoms with van der Waals surface area (Å²) < 4.78 is 15.5. The molecule has 0 fully saturated rings. The Hall–Kier alpha value is -3.28. The minimum absolute atomic E-state index is 0.366. The summed E-state index contributed by atoms with van der Waals surface area (Å²) in [7, 11) is 1.58. The third-order valence-corrected chi connectivity index (χ3v) is 4.02. The molecule has 4 aromatic rings. The van der Waals surface area contributed by atoms with Crippen molar-refractivity contribution in [2.24, 2.45) is 7.05 Å². The number of aromatic amines is 1. The SMILES string of the molecule is Cn1c(-c2ccccc2F)cc(-c2ccc3[nH]ncc3c2)nc1=O. The topological polar surface area (TPSA) is 63.6 Å². The number of hydrogen-bond acceptors (Lipinski definition) is 3. The number of halogens is 1. The lowest BCUT2D eigenvalue weighted by Gasteiger charge is -2.11. The summed E-state index contributed by atoms with van der Waals surface area (Å²) in [5.41, 5.74) is 2.59. The molecular formula is C18H13FN4O. The van der Waals surface area contributed by atoms with Crippen LogP contribution in [0, 0.1) is 5.82 Å². The molecule has 0 aliphatic carbocycles. The molecule has 118 valence electrons. The van der Waals surface area contributed by atoms with E-state index in [1.54, 1.807) is 37.5 Å². The van der Waals surface area contributed by atoms with Gasteiger partial charge in [0.2, 0.25) is 0 Å². The van der Waals surface area contributed by atoms with Crippen LogP contribution in [0.15, 0.2) is 59.5 Å². The monoisotopic (exact) mass is 320 g/mol. The first kappa shape index (κ1) is 14.3. The van der Waals surface area contributed by atoms with Gasteiger partial charge in [0.05, 0.1) is 23.1 Å². The van der Waals surface area contributed by atoms with Crippen molar-refractivity contribution < 1.29 is 4.39 Å². The van der Waals surface area contributed by atoms with Crippen LogP contribution in [0.5, 0.6) is 0 Å². The third kappa shape index (κ3) is 2.28. The Kier molecular flexibility index (Phi) is 3.23. The van der Waals surface area contributed by atoms with E-state index >= 15 is 0 Å². The van der Waals surface area contributed by atoms with Gasteiger partial charge in [-0.1, -0.05) is 18.2 Å². The average Bonchev–Trinajstić information content (AvgIpc) is 3.05. The molecule has 24 heavy (non-hydrogen) atoms. The molecule has 0 aliphatic rings. The molecule has 0 bridgehead atoms. The van der Waals surface area contributed by atoms with Crippen LogP contribution in [0.4, 0.5) is 4.39 Å². The van der Waals surface area contributed by atoms with Gasteiger partial charge in [0.25, 0.3) is 0 Å². The average molecular weight is 320 g/mol. The minimum Gasteiger partial charge on any atom is -0.295 e. The van der Waals surface area contributed by atoms with E-state index in [2.05, 4.69) is 15.2 Å². The summed E-state index contributed by atoms with van der Waals surface area (Å²) in [6, 6.07) is 13.7. The van der Waals surface area contributed by atoms with Crippen LogP contribution in [0.2, 0.25) is 0 Å². The predicted octanol–water partition coefficient (Wildman–Crippen LogP) is 3.13. The maximum Gasteiger partial charge on any atom is 0.348 e. The molecule has 0 saturated heterocycles. The number of rotatable bonds is 2. The van der Waals surface area contributed by atoms with Crippen molar-refractivity contribution in [2.75, 3.05) is 0 Å². The first-order valence-electron chi connectivity index (χ1n) is 7.40. The summed E-state index contributed by atoms with van der Waals surface area (Å²) in [5.74, 6) is -0.380. The van der Waals surface area contributed by atoms with Gasteiger partial charge in [-0.05, 0) is 30.3 Å². The zero-order chi connectivity index (χ0) is 16.7. The number of aromatic nitrogens is 4. The van der Waals surface area contributed by atoms with E-state index < -0.39 is 5.69 Å². The summed E-state index contributed by atoms with van der Waals surface area (Å²) in [6.45, 7) is 0. The van der Waals surface area contributed by atoms with Crippen molar-refractivity contribution in [3.63, 3.8) is 0 Å². The van der Waals surface area contributed by atoms with Gasteiger partial charge in [0.1, 0.15) is 5.82 Å². The Bertz CT molecular complexity index is 1110. The van der Waals surface area contributed by atoms with E-state index in [4.69, 9.17) is 0 Å². The van der Waals surface area contributed by atoms with E-state index in [-0.39, 0.29) is 5.82 Å². The van der Waals surface area contributed by atoms with Gasteiger partial charge in [0, 0.05) is 23.6 Å². The van der Waals surface area contributed by atoms with Crippen LogP contribution in [0.1, 0.15) is 0 Å². The molecule has 0 unspecified atom stereocenters. The number of H-pyrrole nitrogens is 1. The molecule has 0 radical (unpaired) electrons. The summed E-state index contributed by atoms with van der Waals surface area (Å²) in [4.78, 5) is 16.3. The highest BCUT2D eigenvalue weighted by Crippen LogP contribution is 2.26. The van der Waals surface area contributed by atoms with E-state index in [1.165, 1.54) is 10.6 Å². The normalized spacial score (nSPS) is 11.1. The van der Waals surface area contributed by atoms with Crippen LogP contribution in [0.3, 0.4) is 0 Å². The second-order valence-electron chi connectivity index (χ2n) is 5.52. The van der Waals surface area contributed by atoms with Crippen molar-refractivity contribution in [1.29, 1.82) is 0 Å². The van der Waals surface area contributed by atoms with Gasteiger partial charge in [-0.15, -0.1) is 0 Å². The number of benzene rings is 2. The molecular weight excluding hydrogens is 307 g/mol. The van der Waals surface area contributed by atoms with Gasteiger partial charge in [-0.25, -0.2) is 9.18 Å². The third-order valence-electron chi connectivity index (χ3n) is 4.02. The van der Waals surface area contributed by atoms with Crippen molar-refractivity contribution in [2.45, 2.75) is 0 Å². The van der Waals surface area contributed by atoms with Crippen LogP contribution in [-0.2, 0) is 7.05 Å². The number of nitrogens with one attached hydrogen (secondary N) is 1. The zero-order valence-corrected chi connectivity index (χ0v) is 12.8. The smallest absolute Gasteiger partial charge is 0.295 e. The van der Waals surface area contributed by atoms with E-state index in [0.29, 0.717) is 17.0 Å². The number of hydrogen-bond donors (Lipinski definition) is 1. The molecule has 0 saturated carbocycles. The lowest BCUT2D eigenvalue weighted by molar-refractivity contribution is 0.628. The van der Waals surface area contributed by atoms with E-state index in [0.717, 1.165) is 16.5 Å². The largest absolute Gasteiger partial charge is 0.348 e. The molecule has 0 atom stereocenters. The molecule has 6 heteroatoms. The Morgan fingerprint density at radius 2 is 1.96 bits per heavy atom. The lowest BCUT2D eigenvalue weighted by atomic mass is 10.1. The Morgan fingerprint density at radius 3 is 2.79 bits per heavy atom. The van der Waals surface area contributed by atoms with Crippen molar-refractivity contribution >= 4 is 10.9 Å². The van der Waals surface area contributed by atoms with Crippen LogP contribution in [-0.4, -0.2) is 19.7 Å². The molecule has 4 rings (SSSR count). The van der Waals surface area contributed by atoms with Crippen molar-refractivity contribution in [3.05, 3.63) is 71.0 Å². The fraction of sp³-hybridized carbons (Fsp3) is 0.0556. The van der Waals surface area contributed by atoms with Crippen molar-refractivity contribution in [3.8, 4) is 22.5 Å².